The number of carboxylic acids is 1. The SMILES string of the molecule is CC(C)CN(c1ccc(C(=O)O)cc1)S(=O)(=O)c1ccc(F)cc1. The minimum Gasteiger partial charge on any atom is -0.478 e. The first-order valence-corrected chi connectivity index (χ1v) is 8.77. The fraction of sp³-hybridized carbons (Fsp3) is 0.235. The molecule has 0 aromatic heterocycles. The highest BCUT2D eigenvalue weighted by Gasteiger charge is 2.25. The van der Waals surface area contributed by atoms with E-state index in [0.717, 1.165) is 12.1 Å². The molecule has 0 saturated carbocycles. The molecule has 0 heterocycles. The molecule has 0 fully saturated rings. The van der Waals surface area contributed by atoms with Crippen LogP contribution in [0.1, 0.15) is 24.2 Å². The van der Waals surface area contributed by atoms with Crippen LogP contribution in [0.15, 0.2) is 53.4 Å². The van der Waals surface area contributed by atoms with Gasteiger partial charge in [-0.15, -0.1) is 0 Å². The highest BCUT2D eigenvalue weighted by atomic mass is 32.2. The largest absolute Gasteiger partial charge is 0.478 e. The van der Waals surface area contributed by atoms with E-state index in [9.17, 15) is 17.6 Å². The molecule has 0 aliphatic heterocycles. The van der Waals surface area contributed by atoms with E-state index in [1.807, 2.05) is 13.8 Å². The van der Waals surface area contributed by atoms with Gasteiger partial charge in [0.25, 0.3) is 10.0 Å². The van der Waals surface area contributed by atoms with Gasteiger partial charge in [0.1, 0.15) is 5.82 Å². The van der Waals surface area contributed by atoms with Gasteiger partial charge in [0.15, 0.2) is 0 Å². The van der Waals surface area contributed by atoms with E-state index in [0.29, 0.717) is 5.69 Å². The van der Waals surface area contributed by atoms with Crippen LogP contribution in [-0.4, -0.2) is 26.0 Å². The minimum absolute atomic E-state index is 0.0214. The zero-order valence-corrected chi connectivity index (χ0v) is 14.1. The fourth-order valence-corrected chi connectivity index (χ4v) is 3.81. The number of hydrogen-bond acceptors (Lipinski definition) is 3. The second kappa shape index (κ2) is 7.00. The summed E-state index contributed by atoms with van der Waals surface area (Å²) in [6, 6.07) is 10.2. The summed E-state index contributed by atoms with van der Waals surface area (Å²) in [6.45, 7) is 3.96. The maximum atomic E-state index is 13.1. The second-order valence-corrected chi connectivity index (χ2v) is 7.60. The van der Waals surface area contributed by atoms with Crippen LogP contribution in [0.3, 0.4) is 0 Å². The normalized spacial score (nSPS) is 11.5. The van der Waals surface area contributed by atoms with E-state index in [4.69, 9.17) is 5.11 Å². The van der Waals surface area contributed by atoms with Crippen LogP contribution >= 0.6 is 0 Å². The monoisotopic (exact) mass is 351 g/mol. The predicted octanol–water partition coefficient (Wildman–Crippen LogP) is 3.38. The van der Waals surface area contributed by atoms with Crippen molar-refractivity contribution in [2.24, 2.45) is 5.92 Å². The Morgan fingerprint density at radius 1 is 1.08 bits per heavy atom. The van der Waals surface area contributed by atoms with Crippen molar-refractivity contribution in [2.45, 2.75) is 18.7 Å². The lowest BCUT2D eigenvalue weighted by atomic mass is 10.2. The van der Waals surface area contributed by atoms with Crippen molar-refractivity contribution in [2.75, 3.05) is 10.8 Å². The summed E-state index contributed by atoms with van der Waals surface area (Å²) in [4.78, 5) is 10.9. The number of aromatic carboxylic acids is 1. The lowest BCUT2D eigenvalue weighted by Crippen LogP contribution is -2.34. The molecule has 0 radical (unpaired) electrons. The average molecular weight is 351 g/mol. The summed E-state index contributed by atoms with van der Waals surface area (Å²) < 4.78 is 40.0. The molecule has 0 aliphatic carbocycles. The van der Waals surface area contributed by atoms with Gasteiger partial charge < -0.3 is 5.11 Å². The summed E-state index contributed by atoms with van der Waals surface area (Å²) in [5.74, 6) is -1.56. The van der Waals surface area contributed by atoms with Gasteiger partial charge in [0, 0.05) is 6.54 Å². The highest BCUT2D eigenvalue weighted by molar-refractivity contribution is 7.92. The molecule has 2 aromatic carbocycles. The lowest BCUT2D eigenvalue weighted by molar-refractivity contribution is 0.0697. The number of benzene rings is 2. The molecule has 7 heteroatoms. The average Bonchev–Trinajstić information content (AvgIpc) is 2.53. The van der Waals surface area contributed by atoms with E-state index >= 15 is 0 Å². The number of carboxylic acid groups (broad SMARTS) is 1. The van der Waals surface area contributed by atoms with Crippen molar-refractivity contribution in [3.63, 3.8) is 0 Å². The lowest BCUT2D eigenvalue weighted by Gasteiger charge is -2.26. The summed E-state index contributed by atoms with van der Waals surface area (Å²) >= 11 is 0. The second-order valence-electron chi connectivity index (χ2n) is 5.74. The molecule has 0 saturated heterocycles. The molecule has 2 aromatic rings. The highest BCUT2D eigenvalue weighted by Crippen LogP contribution is 2.25. The van der Waals surface area contributed by atoms with Gasteiger partial charge in [-0.3, -0.25) is 4.31 Å². The Hall–Kier alpha value is -2.41. The molecule has 0 spiro atoms. The molecule has 5 nitrogen and oxygen atoms in total. The van der Waals surface area contributed by atoms with Crippen molar-refractivity contribution in [3.05, 3.63) is 59.9 Å². The smallest absolute Gasteiger partial charge is 0.335 e. The first-order chi connectivity index (χ1) is 11.2. The molecule has 0 unspecified atom stereocenters. The first-order valence-electron chi connectivity index (χ1n) is 7.33. The molecule has 0 amide bonds. The van der Waals surface area contributed by atoms with Gasteiger partial charge in [-0.05, 0) is 54.4 Å². The van der Waals surface area contributed by atoms with Gasteiger partial charge in [0.05, 0.1) is 16.1 Å². The maximum Gasteiger partial charge on any atom is 0.335 e. The summed E-state index contributed by atoms with van der Waals surface area (Å²) in [5.41, 5.74) is 0.431. The standard InChI is InChI=1S/C17H18FNO4S/c1-12(2)11-19(15-7-3-13(4-8-15)17(20)21)24(22,23)16-9-5-14(18)6-10-16/h3-10,12H,11H2,1-2H3,(H,20,21). The number of anilines is 1. The molecule has 24 heavy (non-hydrogen) atoms. The minimum atomic E-state index is -3.88. The van der Waals surface area contributed by atoms with Crippen molar-refractivity contribution < 1.29 is 22.7 Å². The number of carbonyl (C=O) groups is 1. The van der Waals surface area contributed by atoms with E-state index in [1.54, 1.807) is 0 Å². The number of halogens is 1. The van der Waals surface area contributed by atoms with Crippen molar-refractivity contribution in [1.29, 1.82) is 0 Å². The van der Waals surface area contributed by atoms with E-state index in [1.165, 1.54) is 40.7 Å². The Balaban J connectivity index is 2.47. The Bertz CT molecular complexity index is 815. The molecule has 2 rings (SSSR count). The van der Waals surface area contributed by atoms with Gasteiger partial charge in [0.2, 0.25) is 0 Å². The summed E-state index contributed by atoms with van der Waals surface area (Å²) in [5, 5.41) is 8.96. The Morgan fingerprint density at radius 3 is 2.08 bits per heavy atom. The van der Waals surface area contributed by atoms with Gasteiger partial charge in [-0.1, -0.05) is 13.8 Å². The zero-order valence-electron chi connectivity index (χ0n) is 13.3. The fourth-order valence-electron chi connectivity index (χ4n) is 2.18. The zero-order chi connectivity index (χ0) is 17.9. The van der Waals surface area contributed by atoms with Crippen LogP contribution in [-0.2, 0) is 10.0 Å². The topological polar surface area (TPSA) is 74.7 Å². The Labute approximate surface area is 140 Å². The predicted molar refractivity (Wildman–Crippen MR) is 89.2 cm³/mol. The van der Waals surface area contributed by atoms with Crippen molar-refractivity contribution in [3.8, 4) is 0 Å². The van der Waals surface area contributed by atoms with Gasteiger partial charge in [-0.25, -0.2) is 17.6 Å². The van der Waals surface area contributed by atoms with E-state index in [-0.39, 0.29) is 22.9 Å². The van der Waals surface area contributed by atoms with Crippen LogP contribution in [0.25, 0.3) is 0 Å². The van der Waals surface area contributed by atoms with Crippen molar-refractivity contribution in [1.82, 2.24) is 0 Å². The quantitative estimate of drug-likeness (QED) is 0.866. The third-order valence-corrected chi connectivity index (χ3v) is 5.14. The Kier molecular flexibility index (Phi) is 5.23. The van der Waals surface area contributed by atoms with E-state index < -0.39 is 21.8 Å². The Morgan fingerprint density at radius 2 is 1.62 bits per heavy atom. The molecule has 1 N–H and O–H groups in total. The van der Waals surface area contributed by atoms with Crippen LogP contribution < -0.4 is 4.31 Å². The summed E-state index contributed by atoms with van der Waals surface area (Å²) in [6.07, 6.45) is 0. The third kappa shape index (κ3) is 3.91. The molecule has 0 aliphatic rings. The summed E-state index contributed by atoms with van der Waals surface area (Å²) in [7, 11) is -3.88. The number of rotatable bonds is 6. The van der Waals surface area contributed by atoms with Gasteiger partial charge in [-0.2, -0.15) is 0 Å². The van der Waals surface area contributed by atoms with Crippen molar-refractivity contribution >= 4 is 21.7 Å². The van der Waals surface area contributed by atoms with Crippen LogP contribution in [0, 0.1) is 11.7 Å². The van der Waals surface area contributed by atoms with Gasteiger partial charge >= 0.3 is 5.97 Å². The number of nitrogens with zero attached hydrogens (tertiary/aromatic N) is 1. The van der Waals surface area contributed by atoms with Crippen LogP contribution in [0.2, 0.25) is 0 Å². The maximum absolute atomic E-state index is 13.1. The van der Waals surface area contributed by atoms with E-state index in [2.05, 4.69) is 0 Å². The van der Waals surface area contributed by atoms with Crippen LogP contribution in [0.4, 0.5) is 10.1 Å². The first kappa shape index (κ1) is 17.9. The third-order valence-electron chi connectivity index (χ3n) is 3.33. The molecular weight excluding hydrogens is 333 g/mol. The number of sulfonamides is 1. The molecule has 128 valence electrons. The van der Waals surface area contributed by atoms with Crippen LogP contribution in [0.5, 0.6) is 0 Å². The molecule has 0 bridgehead atoms. The number of hydrogen-bond donors (Lipinski definition) is 1. The molecular formula is C17H18FNO4S. The molecule has 0 atom stereocenters.